The quantitative estimate of drug-likeness (QED) is 0.746. The summed E-state index contributed by atoms with van der Waals surface area (Å²) in [6.07, 6.45) is 4.84. The molecule has 0 aliphatic heterocycles. The molecule has 0 aromatic carbocycles. The fraction of sp³-hybridized carbons (Fsp3) is 0.700. The molecule has 0 amide bonds. The van der Waals surface area contributed by atoms with Gasteiger partial charge >= 0.3 is 0 Å². The first-order valence-electron chi connectivity index (χ1n) is 5.20. The van der Waals surface area contributed by atoms with Crippen LogP contribution >= 0.6 is 0 Å². The highest BCUT2D eigenvalue weighted by Crippen LogP contribution is 2.17. The largest absolute Gasteiger partial charge is 0.444 e. The van der Waals surface area contributed by atoms with Crippen LogP contribution in [0.4, 0.5) is 0 Å². The molecule has 2 rings (SSSR count). The Balaban J connectivity index is 1.75. The molecule has 3 N–H and O–H groups in total. The van der Waals surface area contributed by atoms with Crippen molar-refractivity contribution in [3.63, 3.8) is 0 Å². The van der Waals surface area contributed by atoms with Gasteiger partial charge in [-0.15, -0.1) is 0 Å². The Morgan fingerprint density at radius 3 is 3.00 bits per heavy atom. The van der Waals surface area contributed by atoms with Crippen molar-refractivity contribution in [2.75, 3.05) is 0 Å². The number of hydrogen-bond donors (Lipinski definition) is 2. The molecule has 1 heterocycles. The minimum atomic E-state index is 0.392. The number of hydrogen-bond acceptors (Lipinski definition) is 4. The van der Waals surface area contributed by atoms with Gasteiger partial charge in [0.2, 0.25) is 5.89 Å². The van der Waals surface area contributed by atoms with Crippen LogP contribution in [0.15, 0.2) is 10.6 Å². The summed E-state index contributed by atoms with van der Waals surface area (Å²) >= 11 is 0. The number of nitrogens with zero attached hydrogens (tertiary/aromatic N) is 1. The Morgan fingerprint density at radius 1 is 1.64 bits per heavy atom. The van der Waals surface area contributed by atoms with Gasteiger partial charge in [-0.2, -0.15) is 0 Å². The van der Waals surface area contributed by atoms with Gasteiger partial charge in [-0.05, 0) is 12.8 Å². The zero-order chi connectivity index (χ0) is 9.97. The molecule has 0 bridgehead atoms. The van der Waals surface area contributed by atoms with E-state index in [0.717, 1.165) is 37.5 Å². The molecule has 1 aliphatic carbocycles. The Bertz CT molecular complexity index is 291. The molecule has 14 heavy (non-hydrogen) atoms. The molecule has 1 aromatic heterocycles. The smallest absolute Gasteiger partial charge is 0.208 e. The maximum atomic E-state index is 5.68. The van der Waals surface area contributed by atoms with Crippen molar-refractivity contribution in [2.24, 2.45) is 5.73 Å². The lowest BCUT2D eigenvalue weighted by molar-refractivity contribution is 0.279. The minimum absolute atomic E-state index is 0.392. The van der Waals surface area contributed by atoms with E-state index in [1.54, 1.807) is 6.20 Å². The van der Waals surface area contributed by atoms with Gasteiger partial charge in [-0.1, -0.05) is 6.92 Å². The number of nitrogens with one attached hydrogen (secondary N) is 1. The van der Waals surface area contributed by atoms with E-state index in [0.29, 0.717) is 12.1 Å². The molecule has 4 heteroatoms. The third-order valence-corrected chi connectivity index (χ3v) is 2.67. The number of aromatic nitrogens is 1. The molecular formula is C10H17N3O. The van der Waals surface area contributed by atoms with E-state index >= 15 is 0 Å². The standard InChI is InChI=1S/C10H17N3O/c1-2-9-5-13-10(14-9)6-12-8-3-7(11)4-8/h5,7-8,12H,2-4,6,11H2,1H3. The van der Waals surface area contributed by atoms with E-state index < -0.39 is 0 Å². The topological polar surface area (TPSA) is 64.1 Å². The van der Waals surface area contributed by atoms with E-state index in [2.05, 4.69) is 17.2 Å². The minimum Gasteiger partial charge on any atom is -0.444 e. The second-order valence-corrected chi connectivity index (χ2v) is 3.88. The van der Waals surface area contributed by atoms with E-state index in [4.69, 9.17) is 10.2 Å². The predicted molar refractivity (Wildman–Crippen MR) is 53.7 cm³/mol. The fourth-order valence-electron chi connectivity index (χ4n) is 1.65. The van der Waals surface area contributed by atoms with Crippen molar-refractivity contribution in [2.45, 2.75) is 44.8 Å². The molecule has 1 aromatic rings. The first-order chi connectivity index (χ1) is 6.78. The molecular weight excluding hydrogens is 178 g/mol. The number of rotatable bonds is 4. The van der Waals surface area contributed by atoms with Gasteiger partial charge in [0.15, 0.2) is 0 Å². The summed E-state index contributed by atoms with van der Waals surface area (Å²) in [5.41, 5.74) is 5.68. The third-order valence-electron chi connectivity index (χ3n) is 2.67. The third kappa shape index (κ3) is 2.13. The van der Waals surface area contributed by atoms with Gasteiger partial charge in [0.05, 0.1) is 12.7 Å². The first kappa shape index (κ1) is 9.68. The molecule has 1 saturated carbocycles. The number of oxazole rings is 1. The summed E-state index contributed by atoms with van der Waals surface area (Å²) in [6, 6.07) is 0.949. The van der Waals surface area contributed by atoms with Crippen LogP contribution in [0.25, 0.3) is 0 Å². The molecule has 0 atom stereocenters. The molecule has 4 nitrogen and oxygen atoms in total. The van der Waals surface area contributed by atoms with Gasteiger partial charge in [-0.3, -0.25) is 0 Å². The van der Waals surface area contributed by atoms with Crippen LogP contribution in [0.1, 0.15) is 31.4 Å². The van der Waals surface area contributed by atoms with E-state index in [-0.39, 0.29) is 0 Å². The van der Waals surface area contributed by atoms with Crippen LogP contribution in [0, 0.1) is 0 Å². The maximum absolute atomic E-state index is 5.68. The normalized spacial score (nSPS) is 26.1. The van der Waals surface area contributed by atoms with Crippen molar-refractivity contribution in [3.05, 3.63) is 17.8 Å². The summed E-state index contributed by atoms with van der Waals surface area (Å²) < 4.78 is 5.47. The first-order valence-corrected chi connectivity index (χ1v) is 5.20. The Kier molecular flexibility index (Phi) is 2.84. The average molecular weight is 195 g/mol. The Morgan fingerprint density at radius 2 is 2.43 bits per heavy atom. The molecule has 0 spiro atoms. The van der Waals surface area contributed by atoms with Gasteiger partial charge < -0.3 is 15.5 Å². The molecule has 1 fully saturated rings. The number of aryl methyl sites for hydroxylation is 1. The fourth-order valence-corrected chi connectivity index (χ4v) is 1.65. The Labute approximate surface area is 83.9 Å². The molecule has 0 radical (unpaired) electrons. The van der Waals surface area contributed by atoms with Crippen molar-refractivity contribution in [3.8, 4) is 0 Å². The van der Waals surface area contributed by atoms with Gasteiger partial charge in [0, 0.05) is 18.5 Å². The SMILES string of the molecule is CCc1cnc(CNC2CC(N)C2)o1. The molecule has 0 saturated heterocycles. The second kappa shape index (κ2) is 4.11. The van der Waals surface area contributed by atoms with E-state index in [1.165, 1.54) is 0 Å². The van der Waals surface area contributed by atoms with Crippen LogP contribution < -0.4 is 11.1 Å². The van der Waals surface area contributed by atoms with Gasteiger partial charge in [0.1, 0.15) is 5.76 Å². The highest BCUT2D eigenvalue weighted by molar-refractivity contribution is 4.95. The monoisotopic (exact) mass is 195 g/mol. The van der Waals surface area contributed by atoms with E-state index in [9.17, 15) is 0 Å². The molecule has 0 unspecified atom stereocenters. The van der Waals surface area contributed by atoms with Crippen LogP contribution in [-0.2, 0) is 13.0 Å². The van der Waals surface area contributed by atoms with E-state index in [1.807, 2.05) is 0 Å². The molecule has 1 aliphatic rings. The number of nitrogens with two attached hydrogens (primary N) is 1. The van der Waals surface area contributed by atoms with Crippen LogP contribution in [0.2, 0.25) is 0 Å². The van der Waals surface area contributed by atoms with Crippen LogP contribution in [0.3, 0.4) is 0 Å². The highest BCUT2D eigenvalue weighted by Gasteiger charge is 2.25. The van der Waals surface area contributed by atoms with Gasteiger partial charge in [0.25, 0.3) is 0 Å². The molecule has 78 valence electrons. The van der Waals surface area contributed by atoms with Crippen molar-refractivity contribution >= 4 is 0 Å². The Hall–Kier alpha value is -0.870. The summed E-state index contributed by atoms with van der Waals surface area (Å²) in [4.78, 5) is 4.18. The maximum Gasteiger partial charge on any atom is 0.208 e. The van der Waals surface area contributed by atoms with Gasteiger partial charge in [-0.25, -0.2) is 4.98 Å². The summed E-state index contributed by atoms with van der Waals surface area (Å²) in [5, 5.41) is 3.37. The lowest BCUT2D eigenvalue weighted by Crippen LogP contribution is -2.48. The van der Waals surface area contributed by atoms with Crippen molar-refractivity contribution in [1.29, 1.82) is 0 Å². The average Bonchev–Trinajstić information content (AvgIpc) is 2.58. The van der Waals surface area contributed by atoms with Crippen molar-refractivity contribution < 1.29 is 4.42 Å². The zero-order valence-electron chi connectivity index (χ0n) is 8.49. The van der Waals surface area contributed by atoms with Crippen LogP contribution in [0.5, 0.6) is 0 Å². The highest BCUT2D eigenvalue weighted by atomic mass is 16.4. The lowest BCUT2D eigenvalue weighted by Gasteiger charge is -2.32. The zero-order valence-corrected chi connectivity index (χ0v) is 8.49. The summed E-state index contributed by atoms with van der Waals surface area (Å²) in [6.45, 7) is 2.78. The lowest BCUT2D eigenvalue weighted by atomic mass is 9.88. The summed E-state index contributed by atoms with van der Waals surface area (Å²) in [7, 11) is 0. The predicted octanol–water partition coefficient (Wildman–Crippen LogP) is 0.816. The second-order valence-electron chi connectivity index (χ2n) is 3.88. The van der Waals surface area contributed by atoms with Crippen LogP contribution in [-0.4, -0.2) is 17.1 Å². The summed E-state index contributed by atoms with van der Waals surface area (Å²) in [5.74, 6) is 1.73. The van der Waals surface area contributed by atoms with Crippen molar-refractivity contribution in [1.82, 2.24) is 10.3 Å².